The maximum Gasteiger partial charge on any atom is 0.355 e. The zero-order chi connectivity index (χ0) is 14.1. The molecular weight excluding hydrogens is 306 g/mol. The van der Waals surface area contributed by atoms with Gasteiger partial charge in [0, 0.05) is 17.3 Å². The summed E-state index contributed by atoms with van der Waals surface area (Å²) in [7, 11) is -10.2. The summed E-state index contributed by atoms with van der Waals surface area (Å²) in [5, 5.41) is 9.35. The van der Waals surface area contributed by atoms with Crippen molar-refractivity contribution in [2.75, 3.05) is 0 Å². The van der Waals surface area contributed by atoms with Crippen LogP contribution in [-0.4, -0.2) is 40.5 Å². The molecule has 0 aromatic carbocycles. The van der Waals surface area contributed by atoms with Gasteiger partial charge in [-0.2, -0.15) is 0 Å². The lowest BCUT2D eigenvalue weighted by atomic mass is 10.4. The van der Waals surface area contributed by atoms with Crippen LogP contribution in [0.15, 0.2) is 17.3 Å². The predicted molar refractivity (Wildman–Crippen MR) is 62.1 cm³/mol. The fourth-order valence-corrected chi connectivity index (χ4v) is 3.57. The van der Waals surface area contributed by atoms with Gasteiger partial charge >= 0.3 is 15.2 Å². The number of thiol groups is 1. The third-order valence-corrected chi connectivity index (χ3v) is 4.60. The molecule has 0 bridgehead atoms. The maximum absolute atomic E-state index is 11.2. The summed E-state index contributed by atoms with van der Waals surface area (Å²) in [6, 6.07) is 0. The zero-order valence-corrected chi connectivity index (χ0v) is 11.3. The van der Waals surface area contributed by atoms with Gasteiger partial charge in [-0.25, -0.2) is 9.97 Å². The minimum absolute atomic E-state index is 0.286. The topological polar surface area (TPSA) is 161 Å². The van der Waals surface area contributed by atoms with E-state index in [0.29, 0.717) is 0 Å². The van der Waals surface area contributed by atoms with Gasteiger partial charge in [0.25, 0.3) is 0 Å². The second kappa shape index (κ2) is 5.36. The van der Waals surface area contributed by atoms with Gasteiger partial charge in [0.05, 0.1) is 0 Å². The normalized spacial score (nSPS) is 16.3. The molecular formula is C6H10N2O7P2S. The van der Waals surface area contributed by atoms with Gasteiger partial charge in [-0.3, -0.25) is 9.13 Å². The second-order valence-electron chi connectivity index (χ2n) is 3.34. The van der Waals surface area contributed by atoms with Gasteiger partial charge in [-0.1, -0.05) is 0 Å². The largest absolute Gasteiger partial charge is 0.379 e. The molecule has 102 valence electrons. The van der Waals surface area contributed by atoms with Crippen molar-refractivity contribution in [3.8, 4) is 0 Å². The molecule has 1 heterocycles. The van der Waals surface area contributed by atoms with Crippen LogP contribution in [0.3, 0.4) is 0 Å². The Bertz CT molecular complexity index is 511. The first-order valence-corrected chi connectivity index (χ1v) is 8.14. The summed E-state index contributed by atoms with van der Waals surface area (Å²) < 4.78 is 22.1. The summed E-state index contributed by atoms with van der Waals surface area (Å²) in [5.74, 6) is -3.17. The van der Waals surface area contributed by atoms with Crippen molar-refractivity contribution in [2.24, 2.45) is 0 Å². The molecule has 0 saturated heterocycles. The summed E-state index contributed by atoms with van der Waals surface area (Å²) in [6.07, 6.45) is 2.17. The molecule has 2 unspecified atom stereocenters. The lowest BCUT2D eigenvalue weighted by Crippen LogP contribution is -2.21. The van der Waals surface area contributed by atoms with Crippen LogP contribution in [0, 0.1) is 0 Å². The van der Waals surface area contributed by atoms with E-state index >= 15 is 0 Å². The van der Waals surface area contributed by atoms with E-state index < -0.39 is 32.5 Å². The number of aliphatic hydroxyl groups is 1. The number of rotatable bonds is 4. The summed E-state index contributed by atoms with van der Waals surface area (Å²) in [4.78, 5) is 42.9. The molecule has 5 N–H and O–H groups in total. The lowest BCUT2D eigenvalue weighted by molar-refractivity contribution is 0.182. The summed E-state index contributed by atoms with van der Waals surface area (Å²) in [5.41, 5.74) is -2.20. The van der Waals surface area contributed by atoms with E-state index in [2.05, 4.69) is 22.6 Å². The average molecular weight is 316 g/mol. The summed E-state index contributed by atoms with van der Waals surface area (Å²) >= 11 is 3.85. The molecule has 2 atom stereocenters. The predicted octanol–water partition coefficient (Wildman–Crippen LogP) is -0.520. The van der Waals surface area contributed by atoms with E-state index in [1.165, 1.54) is 0 Å². The van der Waals surface area contributed by atoms with Gasteiger partial charge in [-0.15, -0.1) is 12.6 Å². The van der Waals surface area contributed by atoms with Crippen molar-refractivity contribution in [1.29, 1.82) is 0 Å². The van der Waals surface area contributed by atoms with Crippen molar-refractivity contribution >= 4 is 27.8 Å². The fraction of sp³-hybridized carbons (Fsp3) is 0.333. The molecule has 1 aromatic rings. The molecule has 1 aromatic heterocycles. The first-order chi connectivity index (χ1) is 8.03. The Labute approximate surface area is 107 Å². The van der Waals surface area contributed by atoms with Crippen LogP contribution in [0.5, 0.6) is 0 Å². The Morgan fingerprint density at radius 1 is 1.06 bits per heavy atom. The van der Waals surface area contributed by atoms with Gasteiger partial charge in [0.1, 0.15) is 5.82 Å². The Hall–Kier alpha value is -0.310. The van der Waals surface area contributed by atoms with E-state index in [1.54, 1.807) is 0 Å². The SMILES string of the molecule is O=P(O)(O)C(O)C(c1ncc(S)cn1)P(=O)(O)O. The molecule has 0 aliphatic rings. The van der Waals surface area contributed by atoms with Crippen LogP contribution in [0.4, 0.5) is 0 Å². The van der Waals surface area contributed by atoms with Gasteiger partial charge in [-0.05, 0) is 0 Å². The maximum atomic E-state index is 11.2. The van der Waals surface area contributed by atoms with Gasteiger partial charge in [0.15, 0.2) is 11.5 Å². The number of aromatic nitrogens is 2. The second-order valence-corrected chi connectivity index (χ2v) is 7.29. The first kappa shape index (κ1) is 15.7. The molecule has 0 fully saturated rings. The lowest BCUT2D eigenvalue weighted by Gasteiger charge is -2.22. The molecule has 9 nitrogen and oxygen atoms in total. The smallest absolute Gasteiger partial charge is 0.355 e. The molecule has 0 amide bonds. The van der Waals surface area contributed by atoms with Crippen molar-refractivity contribution in [3.05, 3.63) is 18.2 Å². The van der Waals surface area contributed by atoms with Gasteiger partial charge < -0.3 is 24.7 Å². The van der Waals surface area contributed by atoms with Crippen LogP contribution >= 0.6 is 27.8 Å². The Kier molecular flexibility index (Phi) is 4.69. The first-order valence-electron chi connectivity index (χ1n) is 4.33. The third-order valence-electron chi connectivity index (χ3n) is 1.91. The van der Waals surface area contributed by atoms with E-state index in [-0.39, 0.29) is 4.90 Å². The molecule has 0 spiro atoms. The van der Waals surface area contributed by atoms with Crippen LogP contribution in [0.2, 0.25) is 0 Å². The average Bonchev–Trinajstić information content (AvgIpc) is 2.17. The van der Waals surface area contributed by atoms with E-state index in [9.17, 15) is 14.2 Å². The van der Waals surface area contributed by atoms with E-state index in [0.717, 1.165) is 12.4 Å². The Morgan fingerprint density at radius 3 is 1.83 bits per heavy atom. The van der Waals surface area contributed by atoms with Crippen LogP contribution in [-0.2, 0) is 9.13 Å². The minimum Gasteiger partial charge on any atom is -0.379 e. The van der Waals surface area contributed by atoms with Crippen molar-refractivity contribution < 1.29 is 33.8 Å². The van der Waals surface area contributed by atoms with Crippen molar-refractivity contribution in [3.63, 3.8) is 0 Å². The number of nitrogens with zero attached hydrogens (tertiary/aromatic N) is 2. The number of aliphatic hydroxyl groups excluding tert-OH is 1. The third kappa shape index (κ3) is 3.84. The van der Waals surface area contributed by atoms with E-state index in [4.69, 9.17) is 19.6 Å². The monoisotopic (exact) mass is 316 g/mol. The standard InChI is InChI=1S/C6H10N2O7P2S/c9-6(17(13,14)15)4(16(10,11)12)5-7-1-3(18)2-8-5/h1-2,4,6,9,18H,(H2,10,11,12)(H2,13,14,15). The molecule has 0 aliphatic carbocycles. The highest BCUT2D eigenvalue weighted by atomic mass is 32.1. The fourth-order valence-electron chi connectivity index (χ4n) is 1.13. The molecule has 1 rings (SSSR count). The van der Waals surface area contributed by atoms with E-state index in [1.807, 2.05) is 0 Å². The Morgan fingerprint density at radius 2 is 1.50 bits per heavy atom. The molecule has 0 aliphatic heterocycles. The zero-order valence-electron chi connectivity index (χ0n) is 8.60. The van der Waals surface area contributed by atoms with Crippen molar-refractivity contribution in [2.45, 2.75) is 16.4 Å². The van der Waals surface area contributed by atoms with Crippen LogP contribution in [0.25, 0.3) is 0 Å². The van der Waals surface area contributed by atoms with Crippen LogP contribution < -0.4 is 0 Å². The highest BCUT2D eigenvalue weighted by Crippen LogP contribution is 2.60. The van der Waals surface area contributed by atoms with Crippen LogP contribution in [0.1, 0.15) is 11.5 Å². The number of hydrogen-bond acceptors (Lipinski definition) is 6. The van der Waals surface area contributed by atoms with Gasteiger partial charge in [0.2, 0.25) is 0 Å². The highest BCUT2D eigenvalue weighted by Gasteiger charge is 2.47. The molecule has 0 radical (unpaired) electrons. The number of hydrogen-bond donors (Lipinski definition) is 6. The highest BCUT2D eigenvalue weighted by molar-refractivity contribution is 7.80. The van der Waals surface area contributed by atoms with Crippen molar-refractivity contribution in [1.82, 2.24) is 9.97 Å². The quantitative estimate of drug-likeness (QED) is 0.317. The molecule has 18 heavy (non-hydrogen) atoms. The Balaban J connectivity index is 3.28. The minimum atomic E-state index is -5.12. The summed E-state index contributed by atoms with van der Waals surface area (Å²) in [6.45, 7) is 0. The molecule has 12 heteroatoms. The molecule has 0 saturated carbocycles.